The van der Waals surface area contributed by atoms with Crippen LogP contribution in [0.2, 0.25) is 0 Å². The normalized spacial score (nSPS) is 22.6. The van der Waals surface area contributed by atoms with Crippen molar-refractivity contribution in [3.8, 4) is 11.5 Å². The van der Waals surface area contributed by atoms with Crippen molar-refractivity contribution in [2.45, 2.75) is 18.8 Å². The predicted molar refractivity (Wildman–Crippen MR) is 64.0 cm³/mol. The van der Waals surface area contributed by atoms with Crippen molar-refractivity contribution in [3.05, 3.63) is 18.2 Å². The molecule has 0 aliphatic carbocycles. The van der Waals surface area contributed by atoms with Crippen molar-refractivity contribution >= 4 is 11.7 Å². The second-order valence-electron chi connectivity index (χ2n) is 4.49. The predicted octanol–water partition coefficient (Wildman–Crippen LogP) is 1.92. The Balaban J connectivity index is 1.62. The number of alkyl halides is 2. The molecule has 2 aliphatic heterocycles. The molecule has 0 saturated carbocycles. The summed E-state index contributed by atoms with van der Waals surface area (Å²) in [6.07, 6.45) is -2.91. The Labute approximate surface area is 113 Å². The number of amides is 2. The number of carbonyl (C=O) groups excluding carboxylic acids is 1. The van der Waals surface area contributed by atoms with Crippen molar-refractivity contribution in [3.63, 3.8) is 0 Å². The van der Waals surface area contributed by atoms with Crippen LogP contribution in [-0.4, -0.2) is 31.6 Å². The number of halogens is 2. The van der Waals surface area contributed by atoms with E-state index in [4.69, 9.17) is 4.74 Å². The summed E-state index contributed by atoms with van der Waals surface area (Å²) in [5.41, 5.74) is 0.335. The average molecular weight is 286 g/mol. The Morgan fingerprint density at radius 2 is 2.10 bits per heavy atom. The molecule has 108 valence electrons. The first-order chi connectivity index (χ1) is 9.52. The molecule has 2 aliphatic rings. The highest BCUT2D eigenvalue weighted by atomic mass is 19.3. The zero-order valence-electron chi connectivity index (χ0n) is 10.3. The number of carbonyl (C=O) groups is 1. The first-order valence-corrected chi connectivity index (χ1v) is 6.07. The molecule has 1 unspecified atom stereocenters. The lowest BCUT2D eigenvalue weighted by Crippen LogP contribution is -2.38. The van der Waals surface area contributed by atoms with Crippen LogP contribution in [-0.2, 0) is 4.74 Å². The molecule has 1 fully saturated rings. The van der Waals surface area contributed by atoms with Crippen LogP contribution < -0.4 is 20.1 Å². The van der Waals surface area contributed by atoms with E-state index in [1.54, 1.807) is 0 Å². The van der Waals surface area contributed by atoms with Gasteiger partial charge in [0.15, 0.2) is 11.5 Å². The molecule has 1 saturated heterocycles. The third-order valence-corrected chi connectivity index (χ3v) is 2.92. The van der Waals surface area contributed by atoms with Crippen LogP contribution in [0.4, 0.5) is 19.3 Å². The van der Waals surface area contributed by atoms with E-state index in [1.165, 1.54) is 18.2 Å². The number of benzene rings is 1. The molecule has 8 heteroatoms. The van der Waals surface area contributed by atoms with E-state index in [9.17, 15) is 13.6 Å². The number of hydrogen-bond donors (Lipinski definition) is 2. The lowest BCUT2D eigenvalue weighted by Gasteiger charge is -2.12. The lowest BCUT2D eigenvalue weighted by atomic mass is 10.2. The average Bonchev–Trinajstić information content (AvgIpc) is 2.94. The van der Waals surface area contributed by atoms with Crippen molar-refractivity contribution in [1.29, 1.82) is 0 Å². The summed E-state index contributed by atoms with van der Waals surface area (Å²) >= 11 is 0. The minimum Gasteiger partial charge on any atom is -0.395 e. The van der Waals surface area contributed by atoms with Crippen molar-refractivity contribution in [1.82, 2.24) is 5.32 Å². The van der Waals surface area contributed by atoms with Gasteiger partial charge >= 0.3 is 12.3 Å². The van der Waals surface area contributed by atoms with E-state index in [0.29, 0.717) is 18.9 Å². The first-order valence-electron chi connectivity index (χ1n) is 6.07. The highest BCUT2D eigenvalue weighted by Gasteiger charge is 2.43. The molecule has 1 aromatic carbocycles. The standard InChI is InChI=1S/C12H12F2N2O4/c13-12(14)19-9-2-1-7(5-10(9)20-12)15-11(17)16-8-3-4-18-6-8/h1-2,5,8H,3-4,6H2,(H2,15,16,17). The lowest BCUT2D eigenvalue weighted by molar-refractivity contribution is -0.286. The fourth-order valence-electron chi connectivity index (χ4n) is 2.03. The van der Waals surface area contributed by atoms with Gasteiger partial charge in [-0.25, -0.2) is 4.79 Å². The summed E-state index contributed by atoms with van der Waals surface area (Å²) in [5, 5.41) is 5.26. The van der Waals surface area contributed by atoms with Crippen LogP contribution in [0.5, 0.6) is 11.5 Å². The fourth-order valence-corrected chi connectivity index (χ4v) is 2.03. The fraction of sp³-hybridized carbons (Fsp3) is 0.417. The summed E-state index contributed by atoms with van der Waals surface area (Å²) in [5.74, 6) is -0.179. The molecule has 0 bridgehead atoms. The second kappa shape index (κ2) is 4.78. The summed E-state index contributed by atoms with van der Waals surface area (Å²) in [6, 6.07) is 3.58. The quantitative estimate of drug-likeness (QED) is 0.871. The van der Waals surface area contributed by atoms with E-state index in [1.807, 2.05) is 0 Å². The largest absolute Gasteiger partial charge is 0.586 e. The molecule has 1 atom stereocenters. The van der Waals surface area contributed by atoms with Crippen LogP contribution in [0.25, 0.3) is 0 Å². The number of nitrogens with one attached hydrogen (secondary N) is 2. The Bertz CT molecular complexity index is 532. The number of anilines is 1. The molecule has 0 radical (unpaired) electrons. The molecule has 2 amide bonds. The number of rotatable bonds is 2. The maximum Gasteiger partial charge on any atom is 0.586 e. The molecule has 6 nitrogen and oxygen atoms in total. The van der Waals surface area contributed by atoms with Crippen molar-refractivity contribution in [2.24, 2.45) is 0 Å². The Morgan fingerprint density at radius 3 is 2.85 bits per heavy atom. The minimum atomic E-state index is -3.66. The number of urea groups is 1. The molecule has 1 aromatic rings. The van der Waals surface area contributed by atoms with Gasteiger partial charge in [0.1, 0.15) is 0 Å². The van der Waals surface area contributed by atoms with Gasteiger partial charge in [-0.05, 0) is 18.6 Å². The van der Waals surface area contributed by atoms with Gasteiger partial charge in [0.25, 0.3) is 0 Å². The maximum absolute atomic E-state index is 12.8. The monoisotopic (exact) mass is 286 g/mol. The van der Waals surface area contributed by atoms with E-state index < -0.39 is 12.3 Å². The van der Waals surface area contributed by atoms with E-state index in [2.05, 4.69) is 20.1 Å². The van der Waals surface area contributed by atoms with Gasteiger partial charge in [-0.3, -0.25) is 0 Å². The van der Waals surface area contributed by atoms with E-state index in [-0.39, 0.29) is 17.5 Å². The molecule has 0 aromatic heterocycles. The van der Waals surface area contributed by atoms with Crippen LogP contribution in [0.15, 0.2) is 18.2 Å². The summed E-state index contributed by atoms with van der Waals surface area (Å²) < 4.78 is 39.4. The first kappa shape index (κ1) is 12.9. The number of ether oxygens (including phenoxy) is 3. The maximum atomic E-state index is 12.8. The van der Waals surface area contributed by atoms with Crippen LogP contribution in [0, 0.1) is 0 Å². The Morgan fingerprint density at radius 1 is 1.30 bits per heavy atom. The van der Waals surface area contributed by atoms with Crippen LogP contribution in [0.1, 0.15) is 6.42 Å². The van der Waals surface area contributed by atoms with Gasteiger partial charge in [-0.2, -0.15) is 0 Å². The van der Waals surface area contributed by atoms with Gasteiger partial charge in [0.2, 0.25) is 0 Å². The van der Waals surface area contributed by atoms with Gasteiger partial charge in [-0.1, -0.05) is 0 Å². The molecule has 3 rings (SSSR count). The molecule has 20 heavy (non-hydrogen) atoms. The molecular weight excluding hydrogens is 274 g/mol. The minimum absolute atomic E-state index is 0.0339. The highest BCUT2D eigenvalue weighted by molar-refractivity contribution is 5.89. The Kier molecular flexibility index (Phi) is 3.09. The second-order valence-corrected chi connectivity index (χ2v) is 4.49. The van der Waals surface area contributed by atoms with E-state index in [0.717, 1.165) is 6.42 Å². The third-order valence-electron chi connectivity index (χ3n) is 2.92. The summed E-state index contributed by atoms with van der Waals surface area (Å²) in [6.45, 7) is 1.09. The zero-order chi connectivity index (χ0) is 14.2. The van der Waals surface area contributed by atoms with Crippen molar-refractivity contribution < 1.29 is 27.8 Å². The van der Waals surface area contributed by atoms with Gasteiger partial charge in [-0.15, -0.1) is 8.78 Å². The van der Waals surface area contributed by atoms with Crippen molar-refractivity contribution in [2.75, 3.05) is 18.5 Å². The smallest absolute Gasteiger partial charge is 0.395 e. The SMILES string of the molecule is O=C(Nc1ccc2c(c1)OC(F)(F)O2)NC1CCOC1. The number of hydrogen-bond acceptors (Lipinski definition) is 4. The summed E-state index contributed by atoms with van der Waals surface area (Å²) in [4.78, 5) is 11.7. The molecule has 2 heterocycles. The molecular formula is C12H12F2N2O4. The summed E-state index contributed by atoms with van der Waals surface area (Å²) in [7, 11) is 0. The molecule has 0 spiro atoms. The number of fused-ring (bicyclic) bond motifs is 1. The van der Waals surface area contributed by atoms with Crippen LogP contribution >= 0.6 is 0 Å². The van der Waals surface area contributed by atoms with Gasteiger partial charge in [0.05, 0.1) is 12.6 Å². The molecule has 2 N–H and O–H groups in total. The van der Waals surface area contributed by atoms with Gasteiger partial charge in [0, 0.05) is 18.4 Å². The zero-order valence-corrected chi connectivity index (χ0v) is 10.3. The third kappa shape index (κ3) is 2.74. The van der Waals surface area contributed by atoms with Gasteiger partial charge < -0.3 is 24.8 Å². The Hall–Kier alpha value is -2.09. The van der Waals surface area contributed by atoms with Crippen LogP contribution in [0.3, 0.4) is 0 Å². The van der Waals surface area contributed by atoms with E-state index >= 15 is 0 Å². The highest BCUT2D eigenvalue weighted by Crippen LogP contribution is 2.42. The topological polar surface area (TPSA) is 68.8 Å².